The summed E-state index contributed by atoms with van der Waals surface area (Å²) in [5.41, 5.74) is 1.54. The maximum Gasteiger partial charge on any atom is 0.352 e. The first-order valence-corrected chi connectivity index (χ1v) is 8.53. The van der Waals surface area contributed by atoms with Crippen molar-refractivity contribution in [3.05, 3.63) is 71.8 Å². The Kier molecular flexibility index (Phi) is 4.27. The van der Waals surface area contributed by atoms with E-state index in [9.17, 15) is 4.79 Å². The Hall–Kier alpha value is -2.98. The summed E-state index contributed by atoms with van der Waals surface area (Å²) in [6, 6.07) is 19.8. The number of rotatable bonds is 4. The zero-order valence-electron chi connectivity index (χ0n) is 13.9. The summed E-state index contributed by atoms with van der Waals surface area (Å²) in [5.74, 6) is 0.517. The monoisotopic (exact) mass is 366 g/mol. The maximum absolute atomic E-state index is 12.3. The van der Waals surface area contributed by atoms with E-state index in [0.717, 1.165) is 21.9 Å². The Morgan fingerprint density at radius 2 is 1.62 bits per heavy atom. The fourth-order valence-corrected chi connectivity index (χ4v) is 2.86. The van der Waals surface area contributed by atoms with Gasteiger partial charge in [-0.3, -0.25) is 0 Å². The molecule has 1 aromatic heterocycles. The van der Waals surface area contributed by atoms with Gasteiger partial charge in [0.05, 0.1) is 0 Å². The van der Waals surface area contributed by atoms with Gasteiger partial charge < -0.3 is 13.9 Å². The lowest BCUT2D eigenvalue weighted by atomic mass is 10.1. The summed E-state index contributed by atoms with van der Waals surface area (Å²) in [6.45, 7) is 1.64. The molecule has 0 radical (unpaired) electrons. The van der Waals surface area contributed by atoms with Gasteiger partial charge in [-0.25, -0.2) is 4.79 Å². The minimum absolute atomic E-state index is 0.445. The minimum Gasteiger partial charge on any atom is -0.479 e. The first-order valence-electron chi connectivity index (χ1n) is 8.15. The number of hydrogen-bond donors (Lipinski definition) is 0. The molecule has 4 rings (SSSR count). The Labute approximate surface area is 154 Å². The molecule has 0 unspecified atom stereocenters. The largest absolute Gasteiger partial charge is 0.479 e. The number of halogens is 1. The van der Waals surface area contributed by atoms with E-state index in [1.165, 1.54) is 0 Å². The van der Waals surface area contributed by atoms with E-state index < -0.39 is 12.1 Å². The van der Waals surface area contributed by atoms with Crippen LogP contribution in [0.4, 0.5) is 0 Å². The van der Waals surface area contributed by atoms with E-state index in [1.54, 1.807) is 49.4 Å². The molecule has 0 spiro atoms. The summed E-state index contributed by atoms with van der Waals surface area (Å²) >= 11 is 5.84. The van der Waals surface area contributed by atoms with Gasteiger partial charge in [0.1, 0.15) is 22.7 Å². The van der Waals surface area contributed by atoms with Crippen LogP contribution in [-0.2, 0) is 4.79 Å². The van der Waals surface area contributed by atoms with Crippen LogP contribution in [0, 0.1) is 0 Å². The molecule has 4 nitrogen and oxygen atoms in total. The van der Waals surface area contributed by atoms with Crippen LogP contribution in [-0.4, -0.2) is 12.1 Å². The summed E-state index contributed by atoms with van der Waals surface area (Å²) in [7, 11) is 0. The number of carbonyl (C=O) groups excluding carboxylic acids is 1. The van der Waals surface area contributed by atoms with Crippen molar-refractivity contribution in [2.24, 2.45) is 0 Å². The molecule has 0 amide bonds. The van der Waals surface area contributed by atoms with Gasteiger partial charge in [0.2, 0.25) is 0 Å². The highest BCUT2D eigenvalue weighted by Gasteiger charge is 2.18. The van der Waals surface area contributed by atoms with E-state index in [2.05, 4.69) is 0 Å². The van der Waals surface area contributed by atoms with Crippen molar-refractivity contribution in [1.29, 1.82) is 0 Å². The molecule has 0 saturated heterocycles. The van der Waals surface area contributed by atoms with Crippen LogP contribution in [0.3, 0.4) is 0 Å². The molecule has 0 aliphatic rings. The Balaban J connectivity index is 1.53. The Morgan fingerprint density at radius 3 is 2.42 bits per heavy atom. The lowest BCUT2D eigenvalue weighted by Crippen LogP contribution is -2.28. The summed E-state index contributed by atoms with van der Waals surface area (Å²) < 4.78 is 16.8. The fourth-order valence-electron chi connectivity index (χ4n) is 2.73. The number of fused-ring (bicyclic) bond motifs is 3. The number of hydrogen-bond acceptors (Lipinski definition) is 4. The highest BCUT2D eigenvalue weighted by atomic mass is 35.5. The van der Waals surface area contributed by atoms with Crippen LogP contribution in [0.2, 0.25) is 5.02 Å². The van der Waals surface area contributed by atoms with Crippen molar-refractivity contribution in [3.63, 3.8) is 0 Å². The van der Waals surface area contributed by atoms with Crippen molar-refractivity contribution < 1.29 is 18.7 Å². The smallest absolute Gasteiger partial charge is 0.352 e. The quantitative estimate of drug-likeness (QED) is 0.348. The highest BCUT2D eigenvalue weighted by Crippen LogP contribution is 2.31. The van der Waals surface area contributed by atoms with Crippen LogP contribution in [0.15, 0.2) is 71.1 Å². The zero-order chi connectivity index (χ0) is 18.1. The standard InChI is InChI=1S/C21H15ClO4/c1-13(24-15-8-6-14(22)7-9-15)21(23)25-16-10-11-20-18(12-16)17-4-2-3-5-19(17)26-20/h2-13H,1H3/t13-/m1/s1. The average Bonchev–Trinajstić information content (AvgIpc) is 3.01. The van der Waals surface area contributed by atoms with Crippen LogP contribution in [0.5, 0.6) is 11.5 Å². The molecular weight excluding hydrogens is 352 g/mol. The third-order valence-corrected chi connectivity index (χ3v) is 4.28. The van der Waals surface area contributed by atoms with Crippen LogP contribution in [0.25, 0.3) is 21.9 Å². The highest BCUT2D eigenvalue weighted by molar-refractivity contribution is 6.30. The summed E-state index contributed by atoms with van der Waals surface area (Å²) in [6.07, 6.45) is -0.757. The third-order valence-electron chi connectivity index (χ3n) is 4.03. The number of para-hydroxylation sites is 1. The van der Waals surface area contributed by atoms with Gasteiger partial charge in [0, 0.05) is 15.8 Å². The molecule has 3 aromatic carbocycles. The molecule has 1 atom stereocenters. The normalized spacial score (nSPS) is 12.2. The third kappa shape index (κ3) is 3.24. The van der Waals surface area contributed by atoms with Gasteiger partial charge in [-0.1, -0.05) is 29.8 Å². The van der Waals surface area contributed by atoms with Crippen molar-refractivity contribution in [2.45, 2.75) is 13.0 Å². The van der Waals surface area contributed by atoms with Crippen molar-refractivity contribution >= 4 is 39.5 Å². The van der Waals surface area contributed by atoms with E-state index in [4.69, 9.17) is 25.5 Å². The second kappa shape index (κ2) is 6.73. The van der Waals surface area contributed by atoms with Crippen molar-refractivity contribution in [2.75, 3.05) is 0 Å². The molecule has 5 heteroatoms. The summed E-state index contributed by atoms with van der Waals surface area (Å²) in [5, 5.41) is 2.48. The van der Waals surface area contributed by atoms with E-state index in [0.29, 0.717) is 16.5 Å². The lowest BCUT2D eigenvalue weighted by molar-refractivity contribution is -0.141. The molecule has 0 saturated carbocycles. The molecule has 0 aliphatic heterocycles. The molecule has 130 valence electrons. The first-order chi connectivity index (χ1) is 12.6. The van der Waals surface area contributed by atoms with E-state index in [-0.39, 0.29) is 0 Å². The van der Waals surface area contributed by atoms with Crippen LogP contribution >= 0.6 is 11.6 Å². The lowest BCUT2D eigenvalue weighted by Gasteiger charge is -2.13. The SMILES string of the molecule is C[C@@H](Oc1ccc(Cl)cc1)C(=O)Oc1ccc2oc3ccccc3c2c1. The number of furan rings is 1. The minimum atomic E-state index is -0.757. The van der Waals surface area contributed by atoms with Crippen LogP contribution < -0.4 is 9.47 Å². The first kappa shape index (κ1) is 16.5. The molecule has 26 heavy (non-hydrogen) atoms. The van der Waals surface area contributed by atoms with Gasteiger partial charge in [0.25, 0.3) is 0 Å². The Morgan fingerprint density at radius 1 is 0.923 bits per heavy atom. The predicted octanol–water partition coefficient (Wildman–Crippen LogP) is 5.61. The molecule has 0 fully saturated rings. The molecule has 0 aliphatic carbocycles. The van der Waals surface area contributed by atoms with Gasteiger partial charge >= 0.3 is 5.97 Å². The topological polar surface area (TPSA) is 48.7 Å². The number of benzene rings is 3. The Bertz CT molecular complexity index is 1080. The average molecular weight is 367 g/mol. The molecule has 0 bridgehead atoms. The van der Waals surface area contributed by atoms with Gasteiger partial charge in [0.15, 0.2) is 6.10 Å². The maximum atomic E-state index is 12.3. The molecule has 0 N–H and O–H groups in total. The predicted molar refractivity (Wildman–Crippen MR) is 101 cm³/mol. The fraction of sp³-hybridized carbons (Fsp3) is 0.0952. The van der Waals surface area contributed by atoms with Gasteiger partial charge in [-0.05, 0) is 55.5 Å². The van der Waals surface area contributed by atoms with Crippen molar-refractivity contribution in [1.82, 2.24) is 0 Å². The van der Waals surface area contributed by atoms with Gasteiger partial charge in [-0.2, -0.15) is 0 Å². The van der Waals surface area contributed by atoms with E-state index >= 15 is 0 Å². The molecule has 4 aromatic rings. The number of ether oxygens (including phenoxy) is 2. The summed E-state index contributed by atoms with van der Waals surface area (Å²) in [4.78, 5) is 12.3. The van der Waals surface area contributed by atoms with E-state index in [1.807, 2.05) is 24.3 Å². The second-order valence-corrected chi connectivity index (χ2v) is 6.33. The van der Waals surface area contributed by atoms with Gasteiger partial charge in [-0.15, -0.1) is 0 Å². The number of esters is 1. The molecular formula is C21H15ClO4. The van der Waals surface area contributed by atoms with Crippen LogP contribution in [0.1, 0.15) is 6.92 Å². The number of carbonyl (C=O) groups is 1. The zero-order valence-corrected chi connectivity index (χ0v) is 14.7. The van der Waals surface area contributed by atoms with Crippen molar-refractivity contribution in [3.8, 4) is 11.5 Å². The second-order valence-electron chi connectivity index (χ2n) is 5.89. The molecule has 1 heterocycles.